The van der Waals surface area contributed by atoms with Crippen LogP contribution in [0.25, 0.3) is 10.9 Å². The van der Waals surface area contributed by atoms with E-state index >= 15 is 0 Å². The molecule has 3 aromatic rings. The number of benzene rings is 2. The number of likely N-dealkylation sites (tertiary alicyclic amines) is 1. The predicted octanol–water partition coefficient (Wildman–Crippen LogP) is 4.80. The van der Waals surface area contributed by atoms with Crippen molar-refractivity contribution >= 4 is 34.0 Å². The number of aromatic nitrogens is 2. The van der Waals surface area contributed by atoms with Crippen molar-refractivity contribution in [2.75, 3.05) is 32.5 Å². The Kier molecular flexibility index (Phi) is 7.99. The van der Waals surface area contributed by atoms with Gasteiger partial charge in [-0.15, -0.1) is 0 Å². The first-order chi connectivity index (χ1) is 18.6. The van der Waals surface area contributed by atoms with Gasteiger partial charge in [0.05, 0.1) is 33.3 Å². The SMILES string of the molecule is CO[C@@H]1CN(CCCCc2nc3ccccc3c(=O)[nH]2)CC[C@@H]1CC(=O)c1cc(Cl)c(N)c2c1OC(C)(C)C2. The maximum atomic E-state index is 13.5. The summed E-state index contributed by atoms with van der Waals surface area (Å²) in [6.45, 7) is 6.60. The number of nitrogens with zero attached hydrogens (tertiary/aromatic N) is 2. The minimum Gasteiger partial charge on any atom is -0.486 e. The highest BCUT2D eigenvalue weighted by Gasteiger charge is 2.37. The van der Waals surface area contributed by atoms with E-state index in [2.05, 4.69) is 14.9 Å². The molecule has 2 aromatic carbocycles. The van der Waals surface area contributed by atoms with Crippen LogP contribution in [0.1, 0.15) is 61.3 Å². The van der Waals surface area contributed by atoms with Crippen LogP contribution in [-0.2, 0) is 17.6 Å². The van der Waals surface area contributed by atoms with Crippen molar-refractivity contribution in [3.63, 3.8) is 0 Å². The zero-order chi connectivity index (χ0) is 27.7. The van der Waals surface area contributed by atoms with Crippen LogP contribution in [0.4, 0.5) is 5.69 Å². The topological polar surface area (TPSA) is 111 Å². The fourth-order valence-electron chi connectivity index (χ4n) is 5.90. The first kappa shape index (κ1) is 27.6. The third-order valence-electron chi connectivity index (χ3n) is 7.98. The molecule has 0 radical (unpaired) electrons. The number of nitrogens with one attached hydrogen (secondary N) is 1. The number of hydrogen-bond donors (Lipinski definition) is 2. The number of para-hydroxylation sites is 1. The molecule has 2 aliphatic rings. The second kappa shape index (κ2) is 11.3. The van der Waals surface area contributed by atoms with E-state index in [-0.39, 0.29) is 23.4 Å². The van der Waals surface area contributed by atoms with Gasteiger partial charge in [-0.05, 0) is 70.3 Å². The van der Waals surface area contributed by atoms with Gasteiger partial charge >= 0.3 is 0 Å². The average molecular weight is 553 g/mol. The lowest BCUT2D eigenvalue weighted by Gasteiger charge is -2.37. The van der Waals surface area contributed by atoms with E-state index in [4.69, 9.17) is 26.8 Å². The Balaban J connectivity index is 1.15. The van der Waals surface area contributed by atoms with E-state index in [1.165, 1.54) is 0 Å². The number of carbonyl (C=O) groups excluding carboxylic acids is 1. The Labute approximate surface area is 233 Å². The normalized spacial score (nSPS) is 20.6. The van der Waals surface area contributed by atoms with Gasteiger partial charge in [-0.2, -0.15) is 0 Å². The summed E-state index contributed by atoms with van der Waals surface area (Å²) in [5.74, 6) is 1.45. The number of nitrogens with two attached hydrogens (primary N) is 1. The number of Topliss-reactive ketones (excluding diaryl/α,β-unsaturated/α-hetero) is 1. The number of aryl methyl sites for hydroxylation is 1. The molecule has 2 aliphatic heterocycles. The van der Waals surface area contributed by atoms with Gasteiger partial charge in [0.15, 0.2) is 5.78 Å². The van der Waals surface area contributed by atoms with Crippen molar-refractivity contribution in [2.24, 2.45) is 5.92 Å². The quantitative estimate of drug-likeness (QED) is 0.223. The van der Waals surface area contributed by atoms with Crippen LogP contribution in [0.2, 0.25) is 5.02 Å². The first-order valence-electron chi connectivity index (χ1n) is 13.7. The molecule has 9 heteroatoms. The molecule has 0 saturated carbocycles. The monoisotopic (exact) mass is 552 g/mol. The van der Waals surface area contributed by atoms with Gasteiger partial charge in [-0.1, -0.05) is 23.7 Å². The van der Waals surface area contributed by atoms with Crippen LogP contribution in [-0.4, -0.2) is 59.1 Å². The van der Waals surface area contributed by atoms with Gasteiger partial charge < -0.3 is 25.1 Å². The molecule has 0 aliphatic carbocycles. The zero-order valence-electron chi connectivity index (χ0n) is 22.9. The van der Waals surface area contributed by atoms with Crippen LogP contribution in [0.5, 0.6) is 5.75 Å². The summed E-state index contributed by atoms with van der Waals surface area (Å²) in [7, 11) is 1.72. The number of methoxy groups -OCH3 is 1. The predicted molar refractivity (Wildman–Crippen MR) is 154 cm³/mol. The average Bonchev–Trinajstić information content (AvgIpc) is 3.24. The molecule has 0 spiro atoms. The molecule has 0 unspecified atom stereocenters. The summed E-state index contributed by atoms with van der Waals surface area (Å²) in [4.78, 5) is 35.7. The summed E-state index contributed by atoms with van der Waals surface area (Å²) in [5.41, 5.74) is 8.29. The molecule has 1 saturated heterocycles. The van der Waals surface area contributed by atoms with Gasteiger partial charge in [-0.25, -0.2) is 4.98 Å². The molecule has 5 rings (SSSR count). The number of H-pyrrole nitrogens is 1. The Morgan fingerprint density at radius 3 is 2.90 bits per heavy atom. The number of aromatic amines is 1. The van der Waals surface area contributed by atoms with Crippen molar-refractivity contribution in [3.05, 3.63) is 62.7 Å². The van der Waals surface area contributed by atoms with Crippen molar-refractivity contribution < 1.29 is 14.3 Å². The van der Waals surface area contributed by atoms with Crippen LogP contribution in [0, 0.1) is 5.92 Å². The van der Waals surface area contributed by atoms with Crippen molar-refractivity contribution in [1.82, 2.24) is 14.9 Å². The number of unbranched alkanes of at least 4 members (excludes halogenated alkanes) is 1. The number of rotatable bonds is 9. The minimum atomic E-state index is -0.420. The molecule has 0 bridgehead atoms. The Morgan fingerprint density at radius 1 is 1.31 bits per heavy atom. The number of nitrogen functional groups attached to an aromatic ring is 1. The lowest BCUT2D eigenvalue weighted by Crippen LogP contribution is -2.45. The highest BCUT2D eigenvalue weighted by atomic mass is 35.5. The fraction of sp³-hybridized carbons (Fsp3) is 0.500. The van der Waals surface area contributed by atoms with Crippen LogP contribution in [0.3, 0.4) is 0 Å². The number of carbonyl (C=O) groups is 1. The van der Waals surface area contributed by atoms with Gasteiger partial charge in [0, 0.05) is 38.5 Å². The van der Waals surface area contributed by atoms with Crippen molar-refractivity contribution in [3.8, 4) is 5.75 Å². The van der Waals surface area contributed by atoms with Crippen molar-refractivity contribution in [1.29, 1.82) is 0 Å². The molecule has 3 N–H and O–H groups in total. The van der Waals surface area contributed by atoms with Gasteiger partial charge in [0.1, 0.15) is 17.2 Å². The lowest BCUT2D eigenvalue weighted by atomic mass is 9.86. The summed E-state index contributed by atoms with van der Waals surface area (Å²) in [6.07, 6.45) is 4.49. The van der Waals surface area contributed by atoms with Gasteiger partial charge in [0.25, 0.3) is 5.56 Å². The maximum absolute atomic E-state index is 13.5. The van der Waals surface area contributed by atoms with Gasteiger partial charge in [-0.3, -0.25) is 9.59 Å². The van der Waals surface area contributed by atoms with E-state index < -0.39 is 5.60 Å². The molecule has 1 fully saturated rings. The smallest absolute Gasteiger partial charge is 0.258 e. The van der Waals surface area contributed by atoms with Crippen LogP contribution in [0.15, 0.2) is 35.1 Å². The number of anilines is 1. The molecule has 208 valence electrons. The molecular weight excluding hydrogens is 516 g/mol. The summed E-state index contributed by atoms with van der Waals surface area (Å²) in [6, 6.07) is 9.07. The summed E-state index contributed by atoms with van der Waals surface area (Å²) in [5, 5.41) is 1.02. The number of ether oxygens (including phenoxy) is 2. The minimum absolute atomic E-state index is 0.0169. The Bertz CT molecular complexity index is 1440. The first-order valence-corrected chi connectivity index (χ1v) is 14.1. The summed E-state index contributed by atoms with van der Waals surface area (Å²) >= 11 is 6.40. The maximum Gasteiger partial charge on any atom is 0.258 e. The molecule has 1 aromatic heterocycles. The Morgan fingerprint density at radius 2 is 2.10 bits per heavy atom. The third-order valence-corrected chi connectivity index (χ3v) is 8.30. The molecule has 8 nitrogen and oxygen atoms in total. The fourth-order valence-corrected chi connectivity index (χ4v) is 6.12. The second-order valence-electron chi connectivity index (χ2n) is 11.4. The van der Waals surface area contributed by atoms with E-state index in [9.17, 15) is 9.59 Å². The number of piperidine rings is 1. The Hall–Kier alpha value is -2.94. The van der Waals surface area contributed by atoms with Crippen molar-refractivity contribution in [2.45, 2.75) is 64.1 Å². The summed E-state index contributed by atoms with van der Waals surface area (Å²) < 4.78 is 12.0. The van der Waals surface area contributed by atoms with E-state index in [1.54, 1.807) is 19.2 Å². The van der Waals surface area contributed by atoms with Crippen LogP contribution >= 0.6 is 11.6 Å². The molecule has 0 amide bonds. The molecule has 3 heterocycles. The zero-order valence-corrected chi connectivity index (χ0v) is 23.6. The van der Waals surface area contributed by atoms with E-state index in [0.29, 0.717) is 40.3 Å². The number of hydrogen-bond acceptors (Lipinski definition) is 7. The van der Waals surface area contributed by atoms with Crippen LogP contribution < -0.4 is 16.0 Å². The standard InChI is InChI=1S/C30H37ClN4O4/c1-30(2)16-21-27(32)22(31)15-20(28(21)39-30)24(36)14-18-11-13-35(17-25(18)38-3)12-7-6-10-26-33-23-9-5-4-8-19(23)29(37)34-26/h4-5,8-9,15,18,25H,6-7,10-14,16-17,32H2,1-3H3,(H,33,34,37)/t18-,25-/m1/s1. The lowest BCUT2D eigenvalue weighted by molar-refractivity contribution is -0.0126. The van der Waals surface area contributed by atoms with E-state index in [0.717, 1.165) is 62.2 Å². The third kappa shape index (κ3) is 5.98. The second-order valence-corrected chi connectivity index (χ2v) is 11.8. The number of halogens is 1. The molecule has 2 atom stereocenters. The molecule has 39 heavy (non-hydrogen) atoms. The number of ketones is 1. The van der Waals surface area contributed by atoms with E-state index in [1.807, 2.05) is 32.0 Å². The highest BCUT2D eigenvalue weighted by molar-refractivity contribution is 6.34. The number of fused-ring (bicyclic) bond motifs is 2. The largest absolute Gasteiger partial charge is 0.486 e. The highest BCUT2D eigenvalue weighted by Crippen LogP contribution is 2.44. The van der Waals surface area contributed by atoms with Gasteiger partial charge in [0.2, 0.25) is 0 Å². The molecular formula is C30H37ClN4O4.